The average Bonchev–Trinajstić information content (AvgIpc) is 2.37. The predicted molar refractivity (Wildman–Crippen MR) is 71.8 cm³/mol. The zero-order chi connectivity index (χ0) is 12.7. The monoisotopic (exact) mass is 236 g/mol. The fourth-order valence-electron chi connectivity index (χ4n) is 1.98. The van der Waals surface area contributed by atoms with Gasteiger partial charge in [0.1, 0.15) is 5.60 Å². The summed E-state index contributed by atoms with van der Waals surface area (Å²) >= 11 is 0. The number of unbranched alkanes of at least 4 members (excludes halogenated alkanes) is 1. The van der Waals surface area contributed by atoms with E-state index in [9.17, 15) is 5.11 Å². The SMILES string of the molecule is CCCCN(C)CC(O)(CN)c1ccccc1. The molecular weight excluding hydrogens is 212 g/mol. The Labute approximate surface area is 104 Å². The van der Waals surface area contributed by atoms with Gasteiger partial charge in [0, 0.05) is 13.1 Å². The summed E-state index contributed by atoms with van der Waals surface area (Å²) in [6.45, 7) is 3.98. The molecule has 3 heteroatoms. The fourth-order valence-corrected chi connectivity index (χ4v) is 1.98. The molecule has 1 aromatic carbocycles. The molecular formula is C14H24N2O. The zero-order valence-corrected chi connectivity index (χ0v) is 10.9. The molecule has 0 aliphatic carbocycles. The highest BCUT2D eigenvalue weighted by Gasteiger charge is 2.28. The first-order valence-corrected chi connectivity index (χ1v) is 6.29. The molecule has 0 fully saturated rings. The Kier molecular flexibility index (Phi) is 5.62. The molecule has 17 heavy (non-hydrogen) atoms. The molecule has 0 aliphatic heterocycles. The van der Waals surface area contributed by atoms with Crippen molar-refractivity contribution in [2.75, 3.05) is 26.7 Å². The minimum absolute atomic E-state index is 0.244. The van der Waals surface area contributed by atoms with Gasteiger partial charge in [-0.05, 0) is 25.6 Å². The van der Waals surface area contributed by atoms with Crippen molar-refractivity contribution in [2.45, 2.75) is 25.4 Å². The molecule has 1 rings (SSSR count). The summed E-state index contributed by atoms with van der Waals surface area (Å²) in [5.74, 6) is 0. The molecule has 1 unspecified atom stereocenters. The van der Waals surface area contributed by atoms with Crippen LogP contribution in [-0.2, 0) is 5.60 Å². The lowest BCUT2D eigenvalue weighted by atomic mass is 9.93. The van der Waals surface area contributed by atoms with E-state index in [-0.39, 0.29) is 6.54 Å². The van der Waals surface area contributed by atoms with Crippen LogP contribution in [0.3, 0.4) is 0 Å². The normalized spacial score (nSPS) is 14.9. The van der Waals surface area contributed by atoms with Gasteiger partial charge in [0.05, 0.1) is 0 Å². The maximum atomic E-state index is 10.6. The third kappa shape index (κ3) is 4.11. The number of hydrogen-bond acceptors (Lipinski definition) is 3. The topological polar surface area (TPSA) is 49.5 Å². The van der Waals surface area contributed by atoms with Gasteiger partial charge in [-0.15, -0.1) is 0 Å². The van der Waals surface area contributed by atoms with Crippen molar-refractivity contribution in [3.05, 3.63) is 35.9 Å². The predicted octanol–water partition coefficient (Wildman–Crippen LogP) is 1.56. The first-order valence-electron chi connectivity index (χ1n) is 6.29. The van der Waals surface area contributed by atoms with Crippen LogP contribution in [-0.4, -0.2) is 36.7 Å². The molecule has 0 saturated heterocycles. The molecule has 0 aromatic heterocycles. The first-order chi connectivity index (χ1) is 8.12. The second kappa shape index (κ2) is 6.74. The summed E-state index contributed by atoms with van der Waals surface area (Å²) in [5, 5.41) is 10.6. The van der Waals surface area contributed by atoms with Gasteiger partial charge in [-0.25, -0.2) is 0 Å². The van der Waals surface area contributed by atoms with E-state index in [1.165, 1.54) is 0 Å². The molecule has 96 valence electrons. The molecule has 1 atom stereocenters. The molecule has 0 heterocycles. The van der Waals surface area contributed by atoms with Gasteiger partial charge in [-0.1, -0.05) is 43.7 Å². The number of hydrogen-bond donors (Lipinski definition) is 2. The zero-order valence-electron chi connectivity index (χ0n) is 10.9. The smallest absolute Gasteiger partial charge is 0.114 e. The van der Waals surface area contributed by atoms with E-state index in [0.29, 0.717) is 6.54 Å². The molecule has 0 saturated carbocycles. The van der Waals surface area contributed by atoms with Crippen molar-refractivity contribution in [1.29, 1.82) is 0 Å². The Bertz CT molecular complexity index is 315. The summed E-state index contributed by atoms with van der Waals surface area (Å²) < 4.78 is 0. The first kappa shape index (κ1) is 14.2. The van der Waals surface area contributed by atoms with Crippen LogP contribution in [0, 0.1) is 0 Å². The highest BCUT2D eigenvalue weighted by molar-refractivity contribution is 5.23. The largest absolute Gasteiger partial charge is 0.382 e. The maximum absolute atomic E-state index is 10.6. The molecule has 0 radical (unpaired) electrons. The van der Waals surface area contributed by atoms with Crippen LogP contribution < -0.4 is 5.73 Å². The molecule has 0 aliphatic rings. The van der Waals surface area contributed by atoms with Crippen molar-refractivity contribution >= 4 is 0 Å². The number of rotatable bonds is 7. The van der Waals surface area contributed by atoms with E-state index < -0.39 is 5.60 Å². The van der Waals surface area contributed by atoms with Gasteiger partial charge in [-0.3, -0.25) is 0 Å². The lowest BCUT2D eigenvalue weighted by molar-refractivity contribution is 0.0136. The Morgan fingerprint density at radius 1 is 1.29 bits per heavy atom. The lowest BCUT2D eigenvalue weighted by Gasteiger charge is -2.32. The standard InChI is InChI=1S/C14H24N2O/c1-3-4-10-16(2)12-14(17,11-15)13-8-6-5-7-9-13/h5-9,17H,3-4,10-12,15H2,1-2H3. The summed E-state index contributed by atoms with van der Waals surface area (Å²) in [6.07, 6.45) is 2.31. The van der Waals surface area contributed by atoms with Crippen LogP contribution in [0.15, 0.2) is 30.3 Å². The molecule has 1 aromatic rings. The van der Waals surface area contributed by atoms with E-state index >= 15 is 0 Å². The van der Waals surface area contributed by atoms with Crippen LogP contribution in [0.25, 0.3) is 0 Å². The summed E-state index contributed by atoms with van der Waals surface area (Å²) in [4.78, 5) is 2.14. The second-order valence-electron chi connectivity index (χ2n) is 4.69. The van der Waals surface area contributed by atoms with E-state index in [0.717, 1.165) is 24.9 Å². The average molecular weight is 236 g/mol. The van der Waals surface area contributed by atoms with Crippen molar-refractivity contribution in [2.24, 2.45) is 5.73 Å². The number of benzene rings is 1. The Hall–Kier alpha value is -0.900. The molecule has 0 bridgehead atoms. The van der Waals surface area contributed by atoms with Crippen molar-refractivity contribution < 1.29 is 5.11 Å². The Morgan fingerprint density at radius 2 is 1.94 bits per heavy atom. The number of likely N-dealkylation sites (N-methyl/N-ethyl adjacent to an activating group) is 1. The third-order valence-electron chi connectivity index (χ3n) is 3.07. The number of nitrogens with zero attached hydrogens (tertiary/aromatic N) is 1. The summed E-state index contributed by atoms with van der Waals surface area (Å²) in [6, 6.07) is 9.67. The van der Waals surface area contributed by atoms with Crippen LogP contribution in [0.4, 0.5) is 0 Å². The molecule has 3 N–H and O–H groups in total. The number of aliphatic hydroxyl groups is 1. The van der Waals surface area contributed by atoms with Crippen LogP contribution in [0.5, 0.6) is 0 Å². The lowest BCUT2D eigenvalue weighted by Crippen LogP contribution is -2.45. The Balaban J connectivity index is 2.69. The highest BCUT2D eigenvalue weighted by atomic mass is 16.3. The minimum Gasteiger partial charge on any atom is -0.382 e. The molecule has 0 amide bonds. The van der Waals surface area contributed by atoms with E-state index in [1.54, 1.807) is 0 Å². The Morgan fingerprint density at radius 3 is 2.47 bits per heavy atom. The fraction of sp³-hybridized carbons (Fsp3) is 0.571. The molecule has 0 spiro atoms. The summed E-state index contributed by atoms with van der Waals surface area (Å²) in [7, 11) is 2.03. The van der Waals surface area contributed by atoms with Gasteiger partial charge in [0.2, 0.25) is 0 Å². The van der Waals surface area contributed by atoms with Crippen molar-refractivity contribution in [3.8, 4) is 0 Å². The van der Waals surface area contributed by atoms with E-state index in [2.05, 4.69) is 11.8 Å². The van der Waals surface area contributed by atoms with E-state index in [1.807, 2.05) is 37.4 Å². The van der Waals surface area contributed by atoms with E-state index in [4.69, 9.17) is 5.73 Å². The van der Waals surface area contributed by atoms with Crippen molar-refractivity contribution in [3.63, 3.8) is 0 Å². The highest BCUT2D eigenvalue weighted by Crippen LogP contribution is 2.20. The van der Waals surface area contributed by atoms with Gasteiger partial charge in [0.15, 0.2) is 0 Å². The van der Waals surface area contributed by atoms with Gasteiger partial charge >= 0.3 is 0 Å². The maximum Gasteiger partial charge on any atom is 0.114 e. The molecule has 3 nitrogen and oxygen atoms in total. The second-order valence-corrected chi connectivity index (χ2v) is 4.69. The van der Waals surface area contributed by atoms with Gasteiger partial charge < -0.3 is 15.7 Å². The van der Waals surface area contributed by atoms with Gasteiger partial charge in [0.25, 0.3) is 0 Å². The van der Waals surface area contributed by atoms with Crippen LogP contribution in [0.1, 0.15) is 25.3 Å². The van der Waals surface area contributed by atoms with Crippen LogP contribution in [0.2, 0.25) is 0 Å². The van der Waals surface area contributed by atoms with Gasteiger partial charge in [-0.2, -0.15) is 0 Å². The number of nitrogens with two attached hydrogens (primary N) is 1. The quantitative estimate of drug-likeness (QED) is 0.755. The minimum atomic E-state index is -0.941. The summed E-state index contributed by atoms with van der Waals surface area (Å²) in [5.41, 5.74) is 5.69. The van der Waals surface area contributed by atoms with Crippen LogP contribution >= 0.6 is 0 Å². The third-order valence-corrected chi connectivity index (χ3v) is 3.07. The van der Waals surface area contributed by atoms with Crippen molar-refractivity contribution in [1.82, 2.24) is 4.90 Å².